The SMILES string of the molecule is CN(CC(C)(C)CN)C(=O)c1ccc(O)cc1O. The third kappa shape index (κ3) is 3.37. The van der Waals surface area contributed by atoms with Crippen LogP contribution in [0.3, 0.4) is 0 Å². The fourth-order valence-electron chi connectivity index (χ4n) is 1.68. The highest BCUT2D eigenvalue weighted by molar-refractivity contribution is 5.96. The molecule has 1 aromatic carbocycles. The second-order valence-electron chi connectivity index (χ2n) is 5.23. The predicted octanol–water partition coefficient (Wildman–Crippen LogP) is 1.15. The second-order valence-corrected chi connectivity index (χ2v) is 5.23. The Balaban J connectivity index is 2.87. The molecule has 1 amide bonds. The molecule has 0 aliphatic carbocycles. The fraction of sp³-hybridized carbons (Fsp3) is 0.462. The van der Waals surface area contributed by atoms with E-state index in [1.165, 1.54) is 17.0 Å². The van der Waals surface area contributed by atoms with Crippen molar-refractivity contribution >= 4 is 5.91 Å². The van der Waals surface area contributed by atoms with Crippen LogP contribution in [0.2, 0.25) is 0 Å². The first kappa shape index (κ1) is 14.3. The van der Waals surface area contributed by atoms with Gasteiger partial charge in [0.05, 0.1) is 5.56 Å². The summed E-state index contributed by atoms with van der Waals surface area (Å²) in [6.07, 6.45) is 0. The number of amides is 1. The number of nitrogens with two attached hydrogens (primary N) is 1. The first-order valence-electron chi connectivity index (χ1n) is 5.74. The van der Waals surface area contributed by atoms with Crippen LogP contribution < -0.4 is 5.73 Å². The minimum absolute atomic E-state index is 0.0750. The molecule has 0 fully saturated rings. The van der Waals surface area contributed by atoms with Gasteiger partial charge >= 0.3 is 0 Å². The lowest BCUT2D eigenvalue weighted by Gasteiger charge is -2.29. The number of phenols is 2. The number of aromatic hydroxyl groups is 2. The molecule has 1 aromatic rings. The van der Waals surface area contributed by atoms with Crippen LogP contribution in [0.4, 0.5) is 0 Å². The van der Waals surface area contributed by atoms with E-state index in [4.69, 9.17) is 5.73 Å². The maximum Gasteiger partial charge on any atom is 0.257 e. The molecule has 4 N–H and O–H groups in total. The Morgan fingerprint density at radius 1 is 1.39 bits per heavy atom. The summed E-state index contributed by atoms with van der Waals surface area (Å²) in [7, 11) is 1.66. The van der Waals surface area contributed by atoms with Crippen LogP contribution in [0, 0.1) is 5.41 Å². The summed E-state index contributed by atoms with van der Waals surface area (Å²) in [6.45, 7) is 4.88. The molecular weight excluding hydrogens is 232 g/mol. The van der Waals surface area contributed by atoms with Gasteiger partial charge in [0.15, 0.2) is 0 Å². The van der Waals surface area contributed by atoms with Crippen LogP contribution in [0.15, 0.2) is 18.2 Å². The van der Waals surface area contributed by atoms with E-state index < -0.39 is 0 Å². The highest BCUT2D eigenvalue weighted by Gasteiger charge is 2.23. The molecule has 0 saturated carbocycles. The average Bonchev–Trinajstić information content (AvgIpc) is 2.27. The standard InChI is InChI=1S/C13H20N2O3/c1-13(2,7-14)8-15(3)12(18)10-5-4-9(16)6-11(10)17/h4-6,16-17H,7-8,14H2,1-3H3. The number of phenolic OH excluding ortho intramolecular Hbond substituents is 2. The topological polar surface area (TPSA) is 86.8 Å². The number of carbonyl (C=O) groups excluding carboxylic acids is 1. The number of hydrogen-bond acceptors (Lipinski definition) is 4. The molecule has 5 heteroatoms. The Hall–Kier alpha value is -1.75. The zero-order chi connectivity index (χ0) is 13.9. The Morgan fingerprint density at radius 2 is 2.00 bits per heavy atom. The third-order valence-electron chi connectivity index (χ3n) is 2.78. The van der Waals surface area contributed by atoms with E-state index >= 15 is 0 Å². The van der Waals surface area contributed by atoms with Crippen molar-refractivity contribution in [2.45, 2.75) is 13.8 Å². The fourth-order valence-corrected chi connectivity index (χ4v) is 1.68. The summed E-state index contributed by atoms with van der Waals surface area (Å²) in [4.78, 5) is 13.6. The van der Waals surface area contributed by atoms with Gasteiger partial charge in [0.25, 0.3) is 5.91 Å². The van der Waals surface area contributed by atoms with Gasteiger partial charge in [0, 0.05) is 19.7 Å². The molecule has 0 atom stereocenters. The maximum absolute atomic E-state index is 12.1. The largest absolute Gasteiger partial charge is 0.508 e. The Morgan fingerprint density at radius 3 is 2.50 bits per heavy atom. The normalized spacial score (nSPS) is 11.3. The van der Waals surface area contributed by atoms with Crippen LogP contribution in [0.5, 0.6) is 11.5 Å². The molecule has 1 rings (SSSR count). The highest BCUT2D eigenvalue weighted by Crippen LogP contribution is 2.24. The zero-order valence-electron chi connectivity index (χ0n) is 11.0. The van der Waals surface area contributed by atoms with Gasteiger partial charge in [-0.2, -0.15) is 0 Å². The van der Waals surface area contributed by atoms with Crippen molar-refractivity contribution in [3.05, 3.63) is 23.8 Å². The van der Waals surface area contributed by atoms with Crippen molar-refractivity contribution in [2.24, 2.45) is 11.1 Å². The summed E-state index contributed by atoms with van der Waals surface area (Å²) in [5, 5.41) is 18.8. The van der Waals surface area contributed by atoms with E-state index in [9.17, 15) is 15.0 Å². The Kier molecular flexibility index (Phi) is 4.19. The van der Waals surface area contributed by atoms with Crippen molar-refractivity contribution < 1.29 is 15.0 Å². The average molecular weight is 252 g/mol. The summed E-state index contributed by atoms with van der Waals surface area (Å²) in [5.41, 5.74) is 5.61. The van der Waals surface area contributed by atoms with Crippen molar-refractivity contribution in [1.82, 2.24) is 4.90 Å². The lowest BCUT2D eigenvalue weighted by atomic mass is 9.93. The molecule has 0 heterocycles. The summed E-state index contributed by atoms with van der Waals surface area (Å²) in [5.74, 6) is -0.597. The lowest BCUT2D eigenvalue weighted by Crippen LogP contribution is -2.39. The van der Waals surface area contributed by atoms with Crippen molar-refractivity contribution in [2.75, 3.05) is 20.1 Å². The monoisotopic (exact) mass is 252 g/mol. The quantitative estimate of drug-likeness (QED) is 0.750. The van der Waals surface area contributed by atoms with Crippen molar-refractivity contribution in [1.29, 1.82) is 0 Å². The van der Waals surface area contributed by atoms with Crippen LogP contribution >= 0.6 is 0 Å². The summed E-state index contributed by atoms with van der Waals surface area (Å²) in [6, 6.07) is 3.92. The predicted molar refractivity (Wildman–Crippen MR) is 69.6 cm³/mol. The summed E-state index contributed by atoms with van der Waals surface area (Å²) < 4.78 is 0. The first-order valence-corrected chi connectivity index (χ1v) is 5.74. The third-order valence-corrected chi connectivity index (χ3v) is 2.78. The first-order chi connectivity index (χ1) is 8.26. The molecule has 5 nitrogen and oxygen atoms in total. The van der Waals surface area contributed by atoms with Gasteiger partial charge in [-0.3, -0.25) is 4.79 Å². The van der Waals surface area contributed by atoms with E-state index in [0.717, 1.165) is 6.07 Å². The molecule has 0 radical (unpaired) electrons. The maximum atomic E-state index is 12.1. The van der Waals surface area contributed by atoms with Gasteiger partial charge in [0.2, 0.25) is 0 Å². The number of benzene rings is 1. The van der Waals surface area contributed by atoms with Crippen LogP contribution in [-0.2, 0) is 0 Å². The number of rotatable bonds is 4. The van der Waals surface area contributed by atoms with Gasteiger partial charge in [-0.25, -0.2) is 0 Å². The Bertz CT molecular complexity index is 444. The molecule has 0 saturated heterocycles. The number of carbonyl (C=O) groups is 1. The van der Waals surface area contributed by atoms with Crippen LogP contribution in [0.25, 0.3) is 0 Å². The van der Waals surface area contributed by atoms with Crippen molar-refractivity contribution in [3.8, 4) is 11.5 Å². The van der Waals surface area contributed by atoms with Gasteiger partial charge < -0.3 is 20.8 Å². The molecule has 18 heavy (non-hydrogen) atoms. The smallest absolute Gasteiger partial charge is 0.257 e. The Labute approximate surface area is 107 Å². The van der Waals surface area contributed by atoms with Crippen molar-refractivity contribution in [3.63, 3.8) is 0 Å². The van der Waals surface area contributed by atoms with Gasteiger partial charge in [0.1, 0.15) is 11.5 Å². The number of nitrogens with zero attached hydrogens (tertiary/aromatic N) is 1. The minimum Gasteiger partial charge on any atom is -0.508 e. The molecule has 0 spiro atoms. The zero-order valence-corrected chi connectivity index (χ0v) is 11.0. The molecule has 100 valence electrons. The number of hydrogen-bond donors (Lipinski definition) is 3. The van der Waals surface area contributed by atoms with Gasteiger partial charge in [-0.05, 0) is 24.1 Å². The lowest BCUT2D eigenvalue weighted by molar-refractivity contribution is 0.0737. The van der Waals surface area contributed by atoms with Crippen LogP contribution in [-0.4, -0.2) is 41.2 Å². The molecule has 0 unspecified atom stereocenters. The van der Waals surface area contributed by atoms with E-state index in [2.05, 4.69) is 0 Å². The highest BCUT2D eigenvalue weighted by atomic mass is 16.3. The van der Waals surface area contributed by atoms with Gasteiger partial charge in [-0.15, -0.1) is 0 Å². The molecule has 0 aliphatic heterocycles. The van der Waals surface area contributed by atoms with E-state index in [-0.39, 0.29) is 28.4 Å². The second kappa shape index (κ2) is 5.27. The van der Waals surface area contributed by atoms with Gasteiger partial charge in [-0.1, -0.05) is 13.8 Å². The molecular formula is C13H20N2O3. The summed E-state index contributed by atoms with van der Waals surface area (Å²) >= 11 is 0. The molecule has 0 aliphatic rings. The molecule has 0 bridgehead atoms. The minimum atomic E-state index is -0.297. The van der Waals surface area contributed by atoms with E-state index in [1.807, 2.05) is 13.8 Å². The molecule has 0 aromatic heterocycles. The van der Waals surface area contributed by atoms with E-state index in [1.54, 1.807) is 7.05 Å². The van der Waals surface area contributed by atoms with E-state index in [0.29, 0.717) is 13.1 Å². The van der Waals surface area contributed by atoms with Crippen LogP contribution in [0.1, 0.15) is 24.2 Å².